The molecule has 0 saturated carbocycles. The summed E-state index contributed by atoms with van der Waals surface area (Å²) < 4.78 is 9.89. The molecule has 1 aliphatic heterocycles. The number of furan rings is 1. The number of ether oxygens (including phenoxy) is 1. The fourth-order valence-electron chi connectivity index (χ4n) is 2.31. The number of carbonyl (C=O) groups excluding carboxylic acids is 2. The molecule has 0 spiro atoms. The smallest absolute Gasteiger partial charge is 0.330 e. The Morgan fingerprint density at radius 2 is 2.40 bits per heavy atom. The van der Waals surface area contributed by atoms with E-state index in [0.717, 1.165) is 5.56 Å². The second kappa shape index (κ2) is 6.52. The summed E-state index contributed by atoms with van der Waals surface area (Å²) in [6.07, 6.45) is 6.73. The second-order valence-corrected chi connectivity index (χ2v) is 4.87. The van der Waals surface area contributed by atoms with Crippen LogP contribution in [-0.4, -0.2) is 24.4 Å². The Balaban J connectivity index is 2.06. The minimum atomic E-state index is -0.389. The Labute approximate surface area is 118 Å². The molecule has 5 heteroatoms. The number of Topliss-reactive ketones (excluding diaryl/α,β-unsaturated/α-hetero) is 1. The van der Waals surface area contributed by atoms with Crippen LogP contribution in [0.15, 0.2) is 35.2 Å². The summed E-state index contributed by atoms with van der Waals surface area (Å²) in [5, 5.41) is 3.36. The quantitative estimate of drug-likeness (QED) is 0.673. The first-order valence-electron chi connectivity index (χ1n) is 6.77. The third kappa shape index (κ3) is 3.36. The predicted octanol–water partition coefficient (Wildman–Crippen LogP) is 2.01. The lowest BCUT2D eigenvalue weighted by Gasteiger charge is -2.32. The molecule has 108 valence electrons. The average molecular weight is 277 g/mol. The van der Waals surface area contributed by atoms with Crippen LogP contribution in [0.3, 0.4) is 0 Å². The van der Waals surface area contributed by atoms with E-state index >= 15 is 0 Å². The van der Waals surface area contributed by atoms with Crippen LogP contribution in [0.1, 0.15) is 31.9 Å². The van der Waals surface area contributed by atoms with Crippen molar-refractivity contribution >= 4 is 11.8 Å². The van der Waals surface area contributed by atoms with Gasteiger partial charge in [-0.05, 0) is 13.0 Å². The fourth-order valence-corrected chi connectivity index (χ4v) is 2.31. The van der Waals surface area contributed by atoms with Gasteiger partial charge in [-0.15, -0.1) is 0 Å². The minimum Gasteiger partial charge on any atom is -0.472 e. The zero-order chi connectivity index (χ0) is 14.5. The normalized spacial score (nSPS) is 26.9. The third-order valence-electron chi connectivity index (χ3n) is 3.52. The van der Waals surface area contributed by atoms with E-state index in [9.17, 15) is 9.59 Å². The molecule has 0 radical (unpaired) electrons. The van der Waals surface area contributed by atoms with Gasteiger partial charge in [0.15, 0.2) is 0 Å². The van der Waals surface area contributed by atoms with Crippen LogP contribution in [0.4, 0.5) is 0 Å². The molecule has 2 heterocycles. The van der Waals surface area contributed by atoms with Crippen molar-refractivity contribution in [1.29, 1.82) is 0 Å². The van der Waals surface area contributed by atoms with Gasteiger partial charge in [0, 0.05) is 36.1 Å². The second-order valence-electron chi connectivity index (χ2n) is 4.87. The topological polar surface area (TPSA) is 68.5 Å². The Kier molecular flexibility index (Phi) is 4.74. The first kappa shape index (κ1) is 14.5. The molecule has 3 atom stereocenters. The lowest BCUT2D eigenvalue weighted by Crippen LogP contribution is -2.45. The van der Waals surface area contributed by atoms with Crippen LogP contribution in [0.5, 0.6) is 0 Å². The Bertz CT molecular complexity index is 492. The van der Waals surface area contributed by atoms with E-state index in [1.54, 1.807) is 25.5 Å². The van der Waals surface area contributed by atoms with E-state index in [1.165, 1.54) is 6.08 Å². The minimum absolute atomic E-state index is 0.0747. The molecule has 5 nitrogen and oxygen atoms in total. The molecule has 0 bridgehead atoms. The van der Waals surface area contributed by atoms with Crippen LogP contribution < -0.4 is 5.32 Å². The molecule has 1 fully saturated rings. The van der Waals surface area contributed by atoms with Crippen molar-refractivity contribution in [3.63, 3.8) is 0 Å². The zero-order valence-corrected chi connectivity index (χ0v) is 11.7. The first-order valence-corrected chi connectivity index (χ1v) is 6.77. The third-order valence-corrected chi connectivity index (χ3v) is 3.52. The summed E-state index contributed by atoms with van der Waals surface area (Å²) >= 11 is 0. The SMILES string of the molecule is CCOC(=O)/C=C/[C@@H]1N[C@H](c2ccoc2)CC(=O)[C@H]1C. The number of hydrogen-bond donors (Lipinski definition) is 1. The van der Waals surface area contributed by atoms with Crippen molar-refractivity contribution in [3.05, 3.63) is 36.3 Å². The van der Waals surface area contributed by atoms with Gasteiger partial charge in [0.1, 0.15) is 5.78 Å². The Morgan fingerprint density at radius 3 is 3.05 bits per heavy atom. The largest absolute Gasteiger partial charge is 0.472 e. The Morgan fingerprint density at radius 1 is 1.60 bits per heavy atom. The maximum absolute atomic E-state index is 12.1. The van der Waals surface area contributed by atoms with Crippen LogP contribution in [0.2, 0.25) is 0 Å². The molecule has 20 heavy (non-hydrogen) atoms. The molecular weight excluding hydrogens is 258 g/mol. The van der Waals surface area contributed by atoms with Crippen molar-refractivity contribution in [1.82, 2.24) is 5.32 Å². The molecule has 1 aromatic rings. The molecule has 1 aliphatic rings. The van der Waals surface area contributed by atoms with E-state index in [2.05, 4.69) is 5.32 Å². The van der Waals surface area contributed by atoms with Crippen molar-refractivity contribution < 1.29 is 18.7 Å². The highest BCUT2D eigenvalue weighted by molar-refractivity contribution is 5.85. The molecule has 0 aliphatic carbocycles. The maximum atomic E-state index is 12.1. The predicted molar refractivity (Wildman–Crippen MR) is 72.9 cm³/mol. The van der Waals surface area contributed by atoms with Crippen molar-refractivity contribution in [2.45, 2.75) is 32.4 Å². The van der Waals surface area contributed by atoms with Crippen LogP contribution >= 0.6 is 0 Å². The zero-order valence-electron chi connectivity index (χ0n) is 11.7. The summed E-state index contributed by atoms with van der Waals surface area (Å²) in [5.74, 6) is -0.378. The molecule has 0 unspecified atom stereocenters. The summed E-state index contributed by atoms with van der Waals surface area (Å²) in [6.45, 7) is 3.96. The van der Waals surface area contributed by atoms with Gasteiger partial charge in [-0.25, -0.2) is 4.79 Å². The number of nitrogens with one attached hydrogen (secondary N) is 1. The summed E-state index contributed by atoms with van der Waals surface area (Å²) in [5.41, 5.74) is 0.944. The van der Waals surface area contributed by atoms with E-state index in [1.807, 2.05) is 13.0 Å². The number of esters is 1. The Hall–Kier alpha value is -1.88. The molecule has 0 amide bonds. The van der Waals surface area contributed by atoms with Gasteiger partial charge in [0.05, 0.1) is 19.1 Å². The van der Waals surface area contributed by atoms with E-state index in [0.29, 0.717) is 13.0 Å². The highest BCUT2D eigenvalue weighted by Gasteiger charge is 2.32. The highest BCUT2D eigenvalue weighted by Crippen LogP contribution is 2.27. The van der Waals surface area contributed by atoms with Crippen molar-refractivity contribution in [2.75, 3.05) is 6.61 Å². The first-order chi connectivity index (χ1) is 9.61. The van der Waals surface area contributed by atoms with Gasteiger partial charge >= 0.3 is 5.97 Å². The van der Waals surface area contributed by atoms with Crippen LogP contribution in [0.25, 0.3) is 0 Å². The number of piperidine rings is 1. The maximum Gasteiger partial charge on any atom is 0.330 e. The molecule has 1 saturated heterocycles. The lowest BCUT2D eigenvalue weighted by molar-refractivity contribution is -0.137. The molecule has 1 N–H and O–H groups in total. The number of hydrogen-bond acceptors (Lipinski definition) is 5. The monoisotopic (exact) mass is 277 g/mol. The summed E-state index contributed by atoms with van der Waals surface area (Å²) in [6, 6.07) is 1.59. The lowest BCUT2D eigenvalue weighted by atomic mass is 9.85. The van der Waals surface area contributed by atoms with E-state index in [-0.39, 0.29) is 29.8 Å². The standard InChI is InChI=1S/C15H19NO4/c1-3-20-15(18)5-4-12-10(2)14(17)8-13(16-12)11-6-7-19-9-11/h4-7,9-10,12-13,16H,3,8H2,1-2H3/b5-4+/t10-,12-,13-/m0/s1. The van der Waals surface area contributed by atoms with Crippen molar-refractivity contribution in [3.8, 4) is 0 Å². The van der Waals surface area contributed by atoms with Gasteiger partial charge in [-0.3, -0.25) is 4.79 Å². The van der Waals surface area contributed by atoms with Gasteiger partial charge in [-0.1, -0.05) is 13.0 Å². The van der Waals surface area contributed by atoms with Gasteiger partial charge in [0.2, 0.25) is 0 Å². The average Bonchev–Trinajstić information content (AvgIpc) is 2.94. The van der Waals surface area contributed by atoms with Gasteiger partial charge in [0.25, 0.3) is 0 Å². The molecule has 0 aromatic carbocycles. The molecule has 1 aromatic heterocycles. The van der Waals surface area contributed by atoms with E-state index < -0.39 is 0 Å². The van der Waals surface area contributed by atoms with Crippen LogP contribution in [0, 0.1) is 5.92 Å². The molecule has 2 rings (SSSR count). The van der Waals surface area contributed by atoms with E-state index in [4.69, 9.17) is 9.15 Å². The fraction of sp³-hybridized carbons (Fsp3) is 0.467. The molecular formula is C15H19NO4. The number of ketones is 1. The number of carbonyl (C=O) groups is 2. The summed E-state index contributed by atoms with van der Waals surface area (Å²) in [7, 11) is 0. The van der Waals surface area contributed by atoms with Crippen LogP contribution in [-0.2, 0) is 14.3 Å². The van der Waals surface area contributed by atoms with Gasteiger partial charge in [-0.2, -0.15) is 0 Å². The van der Waals surface area contributed by atoms with Gasteiger partial charge < -0.3 is 14.5 Å². The highest BCUT2D eigenvalue weighted by atomic mass is 16.5. The summed E-state index contributed by atoms with van der Waals surface area (Å²) in [4.78, 5) is 23.4. The number of rotatable bonds is 4. The van der Waals surface area contributed by atoms with Crippen molar-refractivity contribution in [2.24, 2.45) is 5.92 Å².